The number of aliphatic carboxylic acids is 1. The molecule has 1 aromatic heterocycles. The van der Waals surface area contributed by atoms with Crippen molar-refractivity contribution in [2.24, 2.45) is 40.4 Å². The lowest BCUT2D eigenvalue weighted by molar-refractivity contribution is -0.258. The van der Waals surface area contributed by atoms with Crippen molar-refractivity contribution in [3.05, 3.63) is 80.9 Å². The molecule has 1 spiro atoms. The molecule has 14 heteroatoms. The van der Waals surface area contributed by atoms with E-state index in [2.05, 4.69) is 41.5 Å². The highest BCUT2D eigenvalue weighted by molar-refractivity contribution is 6.43. The standard InChI is InChI=1S/C45H56Cl2N2O10/c1-7-25-19-45-39(52)33(42(56)59-45)38(51)44(8-2)26(12-10-9-11-22(3)18-43(45,6)20-28(25)41(54)55)14-15-27-29(44)16-13-23(4)37(27)58-32-17-31(50)35(24(5)57-32)49-40(53)36-34(47)30(46)21-48-36/h9-10,14-15,18,20-21,23-27,29,31-32,35,37,48,50-51H,7-8,11-13,16-17,19H2,1-6H3,(H,49,53)(H,54,55)/b10-9+,22-18+,38-33-. The summed E-state index contributed by atoms with van der Waals surface area (Å²) in [7, 11) is 0. The molecule has 59 heavy (non-hydrogen) atoms. The first kappa shape index (κ1) is 43.4. The van der Waals surface area contributed by atoms with Gasteiger partial charge in [0.25, 0.3) is 5.91 Å². The Bertz CT molecular complexity index is 2040. The lowest BCUT2D eigenvalue weighted by Gasteiger charge is -2.55. The molecule has 13 unspecified atom stereocenters. The molecule has 320 valence electrons. The molecule has 3 heterocycles. The van der Waals surface area contributed by atoms with Gasteiger partial charge in [0.15, 0.2) is 11.9 Å². The number of aliphatic hydroxyl groups is 2. The topological polar surface area (TPSA) is 184 Å². The number of Topliss-reactive ketones (excluding diaryl/α,β-unsaturated/α-hetero) is 1. The first-order valence-corrected chi connectivity index (χ1v) is 21.7. The molecular weight excluding hydrogens is 799 g/mol. The number of fused-ring (bicyclic) bond motifs is 4. The van der Waals surface area contributed by atoms with Crippen molar-refractivity contribution >= 4 is 46.8 Å². The summed E-state index contributed by atoms with van der Waals surface area (Å²) < 4.78 is 19.4. The fourth-order valence-corrected chi connectivity index (χ4v) is 11.7. The predicted octanol–water partition coefficient (Wildman–Crippen LogP) is 7.97. The van der Waals surface area contributed by atoms with Gasteiger partial charge in [0.2, 0.25) is 5.78 Å². The maximum absolute atomic E-state index is 15.2. The Morgan fingerprint density at radius 2 is 1.85 bits per heavy atom. The van der Waals surface area contributed by atoms with Crippen LogP contribution in [0.5, 0.6) is 0 Å². The number of aliphatic hydroxyl groups excluding tert-OH is 2. The van der Waals surface area contributed by atoms with Gasteiger partial charge in [-0.1, -0.05) is 86.0 Å². The van der Waals surface area contributed by atoms with Crippen LogP contribution < -0.4 is 5.32 Å². The number of hydrogen-bond acceptors (Lipinski definition) is 9. The number of halogens is 2. The number of carboxylic acid groups (broad SMARTS) is 1. The third-order valence-electron chi connectivity index (χ3n) is 14.5. The van der Waals surface area contributed by atoms with E-state index in [9.17, 15) is 29.7 Å². The number of esters is 1. The van der Waals surface area contributed by atoms with Crippen molar-refractivity contribution in [1.29, 1.82) is 0 Å². The largest absolute Gasteiger partial charge is 0.511 e. The number of carbonyl (C=O) groups excluding carboxylic acids is 3. The first-order chi connectivity index (χ1) is 27.9. The molecule has 4 aliphatic carbocycles. The third kappa shape index (κ3) is 7.14. The van der Waals surface area contributed by atoms with Crippen LogP contribution in [-0.2, 0) is 28.6 Å². The number of carboxylic acids is 1. The monoisotopic (exact) mass is 854 g/mol. The van der Waals surface area contributed by atoms with E-state index >= 15 is 4.79 Å². The quantitative estimate of drug-likeness (QED) is 0.102. The highest BCUT2D eigenvalue weighted by atomic mass is 35.5. The molecule has 6 aliphatic rings. The zero-order valence-electron chi connectivity index (χ0n) is 34.4. The van der Waals surface area contributed by atoms with Crippen LogP contribution in [0.2, 0.25) is 10.0 Å². The molecule has 0 aromatic carbocycles. The SMILES string of the molecule is CCC1CC23OC(=O)/C(=C(\O)C4(CC)C(C=CC5C(OC6CC(O)C(NC(=O)c7[nH]cc(Cl)c7Cl)C(C)O6)C(C)CCC54)C/C=C/C/C(C)=C/C2(C)C=C1C(=O)O)C3=O. The van der Waals surface area contributed by atoms with Gasteiger partial charge in [0, 0.05) is 35.9 Å². The van der Waals surface area contributed by atoms with E-state index in [1.54, 1.807) is 19.9 Å². The first-order valence-electron chi connectivity index (χ1n) is 20.9. The maximum atomic E-state index is 15.2. The molecule has 0 radical (unpaired) electrons. The third-order valence-corrected chi connectivity index (χ3v) is 15.3. The molecule has 5 N–H and O–H groups in total. The van der Waals surface area contributed by atoms with Crippen LogP contribution in [0.25, 0.3) is 0 Å². The Morgan fingerprint density at radius 3 is 2.49 bits per heavy atom. The second kappa shape index (κ2) is 16.3. The summed E-state index contributed by atoms with van der Waals surface area (Å²) in [5.74, 6) is -4.71. The molecule has 1 aromatic rings. The minimum Gasteiger partial charge on any atom is -0.511 e. The van der Waals surface area contributed by atoms with Crippen molar-refractivity contribution in [3.63, 3.8) is 0 Å². The number of ketones is 1. The van der Waals surface area contributed by atoms with Crippen molar-refractivity contribution in [1.82, 2.24) is 10.3 Å². The summed E-state index contributed by atoms with van der Waals surface area (Å²) in [5.41, 5.74) is -3.32. The highest BCUT2D eigenvalue weighted by Gasteiger charge is 2.67. The molecule has 2 saturated heterocycles. The Hall–Kier alpha value is -3.68. The van der Waals surface area contributed by atoms with E-state index in [1.807, 2.05) is 26.8 Å². The molecule has 3 fully saturated rings. The average Bonchev–Trinajstić information content (AvgIpc) is 3.65. The Kier molecular flexibility index (Phi) is 12.0. The minimum absolute atomic E-state index is 0.0225. The van der Waals surface area contributed by atoms with E-state index in [1.165, 1.54) is 6.20 Å². The predicted molar refractivity (Wildman–Crippen MR) is 220 cm³/mol. The summed E-state index contributed by atoms with van der Waals surface area (Å²) in [4.78, 5) is 57.8. The van der Waals surface area contributed by atoms with Crippen LogP contribution in [0.1, 0.15) is 103 Å². The van der Waals surface area contributed by atoms with E-state index in [-0.39, 0.29) is 69.2 Å². The molecular formula is C45H56Cl2N2O10. The number of ether oxygens (including phenoxy) is 3. The van der Waals surface area contributed by atoms with Gasteiger partial charge < -0.3 is 39.8 Å². The van der Waals surface area contributed by atoms with Crippen LogP contribution >= 0.6 is 23.2 Å². The molecule has 2 aliphatic heterocycles. The van der Waals surface area contributed by atoms with Gasteiger partial charge in [0.1, 0.15) is 17.0 Å². The van der Waals surface area contributed by atoms with Crippen molar-refractivity contribution in [2.75, 3.05) is 0 Å². The number of rotatable bonds is 7. The van der Waals surface area contributed by atoms with Gasteiger partial charge >= 0.3 is 11.9 Å². The maximum Gasteiger partial charge on any atom is 0.346 e. The number of allylic oxidation sites excluding steroid dienone is 5. The second-order valence-electron chi connectivity index (χ2n) is 17.8. The molecule has 1 amide bonds. The van der Waals surface area contributed by atoms with Crippen LogP contribution in [-0.4, -0.2) is 80.2 Å². The van der Waals surface area contributed by atoms with Crippen LogP contribution in [0.3, 0.4) is 0 Å². The zero-order chi connectivity index (χ0) is 42.8. The number of aromatic nitrogens is 1. The van der Waals surface area contributed by atoms with E-state index < -0.39 is 76.6 Å². The van der Waals surface area contributed by atoms with Gasteiger partial charge in [-0.3, -0.25) is 9.59 Å². The second-order valence-corrected chi connectivity index (χ2v) is 18.6. The van der Waals surface area contributed by atoms with Crippen molar-refractivity contribution < 1.29 is 48.7 Å². The van der Waals surface area contributed by atoms with E-state index in [0.717, 1.165) is 12.0 Å². The Labute approximate surface area is 355 Å². The fraction of sp³-hybridized carbons (Fsp3) is 0.600. The smallest absolute Gasteiger partial charge is 0.346 e. The van der Waals surface area contributed by atoms with Gasteiger partial charge in [0.05, 0.1) is 39.8 Å². The molecule has 13 atom stereocenters. The van der Waals surface area contributed by atoms with E-state index in [0.29, 0.717) is 32.1 Å². The number of aromatic amines is 1. The van der Waals surface area contributed by atoms with Crippen LogP contribution in [0, 0.1) is 40.4 Å². The lowest BCUT2D eigenvalue weighted by atomic mass is 9.51. The van der Waals surface area contributed by atoms with Gasteiger partial charge in [-0.15, -0.1) is 0 Å². The zero-order valence-corrected chi connectivity index (χ0v) is 35.9. The summed E-state index contributed by atoms with van der Waals surface area (Å²) in [6.07, 6.45) is 13.7. The molecule has 2 bridgehead atoms. The Morgan fingerprint density at radius 1 is 1.10 bits per heavy atom. The van der Waals surface area contributed by atoms with Crippen LogP contribution in [0.15, 0.2) is 65.1 Å². The number of H-pyrrole nitrogens is 1. The number of amides is 1. The number of carbonyl (C=O) groups is 4. The number of hydrogen-bond donors (Lipinski definition) is 5. The number of nitrogens with one attached hydrogen (secondary N) is 2. The fourth-order valence-electron chi connectivity index (χ4n) is 11.4. The average molecular weight is 856 g/mol. The van der Waals surface area contributed by atoms with Gasteiger partial charge in [-0.05, 0) is 83.0 Å². The van der Waals surface area contributed by atoms with Crippen molar-refractivity contribution in [3.8, 4) is 0 Å². The van der Waals surface area contributed by atoms with Gasteiger partial charge in [-0.2, -0.15) is 0 Å². The Balaban J connectivity index is 1.23. The highest BCUT2D eigenvalue weighted by Crippen LogP contribution is 2.61. The van der Waals surface area contributed by atoms with Gasteiger partial charge in [-0.25, -0.2) is 9.59 Å². The summed E-state index contributed by atoms with van der Waals surface area (Å²) in [6, 6.07) is -0.761. The minimum atomic E-state index is -1.75. The summed E-state index contributed by atoms with van der Waals surface area (Å²) in [5, 5.41) is 37.5. The molecule has 7 rings (SSSR count). The van der Waals surface area contributed by atoms with Crippen LogP contribution in [0.4, 0.5) is 0 Å². The lowest BCUT2D eigenvalue weighted by Crippen LogP contribution is -2.58. The molecule has 1 saturated carbocycles. The molecule has 12 nitrogen and oxygen atoms in total. The van der Waals surface area contributed by atoms with E-state index in [4.69, 9.17) is 37.4 Å². The summed E-state index contributed by atoms with van der Waals surface area (Å²) >= 11 is 12.2. The normalized spacial score (nSPS) is 42.3. The van der Waals surface area contributed by atoms with Crippen molar-refractivity contribution in [2.45, 2.75) is 129 Å². The summed E-state index contributed by atoms with van der Waals surface area (Å²) in [6.45, 7) is 11.4.